The second kappa shape index (κ2) is 6.17. The van der Waals surface area contributed by atoms with Crippen LogP contribution in [-0.4, -0.2) is 34.0 Å². The van der Waals surface area contributed by atoms with Crippen LogP contribution in [0.1, 0.15) is 24.8 Å². The zero-order valence-corrected chi connectivity index (χ0v) is 11.3. The van der Waals surface area contributed by atoms with Gasteiger partial charge in [0, 0.05) is 24.2 Å². The lowest BCUT2D eigenvalue weighted by atomic mass is 10.1. The third kappa shape index (κ3) is 3.98. The molecule has 1 saturated carbocycles. The van der Waals surface area contributed by atoms with E-state index in [2.05, 4.69) is 0 Å². The summed E-state index contributed by atoms with van der Waals surface area (Å²) in [5.41, 5.74) is 5.75. The van der Waals surface area contributed by atoms with Gasteiger partial charge in [-0.25, -0.2) is 8.78 Å². The van der Waals surface area contributed by atoms with Crippen molar-refractivity contribution >= 4 is 11.9 Å². The average Bonchev–Trinajstić information content (AvgIpc) is 3.20. The van der Waals surface area contributed by atoms with Crippen molar-refractivity contribution in [2.24, 2.45) is 5.73 Å². The molecule has 0 heterocycles. The zero-order chi connectivity index (χ0) is 15.6. The number of hydrogen-bond acceptors (Lipinski definition) is 3. The van der Waals surface area contributed by atoms with Gasteiger partial charge in [-0.3, -0.25) is 9.59 Å². The van der Waals surface area contributed by atoms with Crippen LogP contribution in [0.4, 0.5) is 8.78 Å². The molecule has 1 amide bonds. The first-order valence-corrected chi connectivity index (χ1v) is 6.60. The first-order chi connectivity index (χ1) is 9.88. The van der Waals surface area contributed by atoms with Crippen LogP contribution in [0, 0.1) is 11.6 Å². The number of carbonyl (C=O) groups is 2. The predicted molar refractivity (Wildman–Crippen MR) is 70.2 cm³/mol. The van der Waals surface area contributed by atoms with Crippen LogP contribution in [0.15, 0.2) is 18.2 Å². The Kier molecular flexibility index (Phi) is 4.52. The monoisotopic (exact) mass is 298 g/mol. The summed E-state index contributed by atoms with van der Waals surface area (Å²) in [6.45, 7) is -0.0388. The Morgan fingerprint density at radius 1 is 1.38 bits per heavy atom. The second-order valence-corrected chi connectivity index (χ2v) is 5.14. The number of carboxylic acid groups (broad SMARTS) is 1. The maximum atomic E-state index is 13.7. The van der Waals surface area contributed by atoms with Crippen LogP contribution in [0.3, 0.4) is 0 Å². The number of rotatable bonds is 6. The highest BCUT2D eigenvalue weighted by atomic mass is 19.1. The highest BCUT2D eigenvalue weighted by Gasteiger charge is 2.35. The Morgan fingerprint density at radius 2 is 2.05 bits per heavy atom. The standard InChI is InChI=1S/C14H16F2N2O3/c15-9-2-1-8(11(16)5-9)7-18(10-3-4-10)14(21)12(17)6-13(19)20/h1-2,5,10,12H,3-4,6-7,17H2,(H,19,20). The first kappa shape index (κ1) is 15.4. The minimum absolute atomic E-state index is 0.0388. The normalized spacial score (nSPS) is 15.6. The molecule has 0 aliphatic heterocycles. The van der Waals surface area contributed by atoms with Crippen molar-refractivity contribution in [2.45, 2.75) is 37.9 Å². The predicted octanol–water partition coefficient (Wildman–Crippen LogP) is 1.26. The number of nitrogens with zero attached hydrogens (tertiary/aromatic N) is 1. The summed E-state index contributed by atoms with van der Waals surface area (Å²) < 4.78 is 26.5. The van der Waals surface area contributed by atoms with Crippen molar-refractivity contribution in [2.75, 3.05) is 0 Å². The fourth-order valence-electron chi connectivity index (χ4n) is 2.10. The topological polar surface area (TPSA) is 83.6 Å². The summed E-state index contributed by atoms with van der Waals surface area (Å²) in [6, 6.07) is 1.93. The molecule has 0 radical (unpaired) electrons. The summed E-state index contributed by atoms with van der Waals surface area (Å²) in [7, 11) is 0. The molecule has 3 N–H and O–H groups in total. The van der Waals surface area contributed by atoms with Gasteiger partial charge in [0.25, 0.3) is 0 Å². The van der Waals surface area contributed by atoms with E-state index in [9.17, 15) is 18.4 Å². The molecule has 1 fully saturated rings. The highest BCUT2D eigenvalue weighted by Crippen LogP contribution is 2.29. The number of hydrogen-bond donors (Lipinski definition) is 2. The molecular formula is C14H16F2N2O3. The molecule has 1 unspecified atom stereocenters. The van der Waals surface area contributed by atoms with Gasteiger partial charge in [0.2, 0.25) is 5.91 Å². The van der Waals surface area contributed by atoms with Crippen LogP contribution >= 0.6 is 0 Å². The Morgan fingerprint density at radius 3 is 2.57 bits per heavy atom. The molecule has 1 aliphatic carbocycles. The molecule has 1 aromatic carbocycles. The van der Waals surface area contributed by atoms with Crippen molar-refractivity contribution in [3.63, 3.8) is 0 Å². The molecule has 21 heavy (non-hydrogen) atoms. The number of benzene rings is 1. The Labute approximate surface area is 120 Å². The zero-order valence-electron chi connectivity index (χ0n) is 11.3. The highest BCUT2D eigenvalue weighted by molar-refractivity contribution is 5.86. The Hall–Kier alpha value is -2.02. The van der Waals surface area contributed by atoms with Gasteiger partial charge in [-0.05, 0) is 18.9 Å². The Bertz CT molecular complexity index is 561. The summed E-state index contributed by atoms with van der Waals surface area (Å²) in [5.74, 6) is -3.12. The fraction of sp³-hybridized carbons (Fsp3) is 0.429. The smallest absolute Gasteiger partial charge is 0.305 e. The Balaban J connectivity index is 2.12. The summed E-state index contributed by atoms with van der Waals surface area (Å²) in [4.78, 5) is 24.2. The molecule has 7 heteroatoms. The van der Waals surface area contributed by atoms with E-state index in [1.807, 2.05) is 0 Å². The molecule has 0 bridgehead atoms. The van der Waals surface area contributed by atoms with E-state index in [1.165, 1.54) is 11.0 Å². The molecule has 1 aliphatic rings. The van der Waals surface area contributed by atoms with Gasteiger partial charge < -0.3 is 15.7 Å². The number of carbonyl (C=O) groups excluding carboxylic acids is 1. The van der Waals surface area contributed by atoms with Crippen LogP contribution < -0.4 is 5.73 Å². The lowest BCUT2D eigenvalue weighted by molar-refractivity contribution is -0.142. The maximum Gasteiger partial charge on any atom is 0.305 e. The third-order valence-corrected chi connectivity index (χ3v) is 3.34. The van der Waals surface area contributed by atoms with Gasteiger partial charge in [0.1, 0.15) is 11.6 Å². The van der Waals surface area contributed by atoms with E-state index in [0.717, 1.165) is 25.0 Å². The minimum Gasteiger partial charge on any atom is -0.481 e. The van der Waals surface area contributed by atoms with Gasteiger partial charge in [-0.15, -0.1) is 0 Å². The number of halogens is 2. The molecule has 1 aromatic rings. The van der Waals surface area contributed by atoms with E-state index in [4.69, 9.17) is 10.8 Å². The summed E-state index contributed by atoms with van der Waals surface area (Å²) in [5, 5.41) is 8.68. The van der Waals surface area contributed by atoms with Gasteiger partial charge in [0.05, 0.1) is 12.5 Å². The number of amides is 1. The van der Waals surface area contributed by atoms with E-state index in [-0.39, 0.29) is 18.2 Å². The number of nitrogens with two attached hydrogens (primary N) is 1. The van der Waals surface area contributed by atoms with Crippen molar-refractivity contribution in [3.8, 4) is 0 Å². The maximum absolute atomic E-state index is 13.7. The molecule has 0 saturated heterocycles. The van der Waals surface area contributed by atoms with Gasteiger partial charge in [-0.2, -0.15) is 0 Å². The van der Waals surface area contributed by atoms with Gasteiger partial charge in [0.15, 0.2) is 0 Å². The van der Waals surface area contributed by atoms with E-state index in [1.54, 1.807) is 0 Å². The minimum atomic E-state index is -1.17. The lowest BCUT2D eigenvalue weighted by Crippen LogP contribution is -2.45. The van der Waals surface area contributed by atoms with Crippen molar-refractivity contribution in [1.29, 1.82) is 0 Å². The quantitative estimate of drug-likeness (QED) is 0.828. The number of aliphatic carboxylic acids is 1. The van der Waals surface area contributed by atoms with E-state index in [0.29, 0.717) is 0 Å². The summed E-state index contributed by atoms with van der Waals surface area (Å²) >= 11 is 0. The number of carboxylic acids is 1. The molecule has 5 nitrogen and oxygen atoms in total. The van der Waals surface area contributed by atoms with Crippen LogP contribution in [-0.2, 0) is 16.1 Å². The van der Waals surface area contributed by atoms with Gasteiger partial charge in [-0.1, -0.05) is 6.07 Å². The van der Waals surface area contributed by atoms with Crippen molar-refractivity contribution < 1.29 is 23.5 Å². The molecule has 114 valence electrons. The van der Waals surface area contributed by atoms with E-state index < -0.39 is 36.0 Å². The second-order valence-electron chi connectivity index (χ2n) is 5.14. The van der Waals surface area contributed by atoms with Crippen molar-refractivity contribution in [3.05, 3.63) is 35.4 Å². The van der Waals surface area contributed by atoms with E-state index >= 15 is 0 Å². The van der Waals surface area contributed by atoms with Crippen molar-refractivity contribution in [1.82, 2.24) is 4.90 Å². The fourth-order valence-corrected chi connectivity index (χ4v) is 2.10. The largest absolute Gasteiger partial charge is 0.481 e. The molecule has 1 atom stereocenters. The average molecular weight is 298 g/mol. The summed E-state index contributed by atoms with van der Waals surface area (Å²) in [6.07, 6.45) is 1.07. The van der Waals surface area contributed by atoms with Gasteiger partial charge >= 0.3 is 5.97 Å². The first-order valence-electron chi connectivity index (χ1n) is 6.60. The lowest BCUT2D eigenvalue weighted by Gasteiger charge is -2.25. The van der Waals surface area contributed by atoms with Crippen LogP contribution in [0.25, 0.3) is 0 Å². The van der Waals surface area contributed by atoms with Crippen LogP contribution in [0.5, 0.6) is 0 Å². The molecule has 2 rings (SSSR count). The molecule has 0 spiro atoms. The molecule has 0 aromatic heterocycles. The SMILES string of the molecule is NC(CC(=O)O)C(=O)N(Cc1ccc(F)cc1F)C1CC1. The third-order valence-electron chi connectivity index (χ3n) is 3.34. The molecular weight excluding hydrogens is 282 g/mol. The van der Waals surface area contributed by atoms with Crippen LogP contribution in [0.2, 0.25) is 0 Å².